The van der Waals surface area contributed by atoms with Gasteiger partial charge in [-0.2, -0.15) is 5.10 Å². The number of aliphatic hydroxyl groups is 1. The van der Waals surface area contributed by atoms with Crippen LogP contribution in [0.2, 0.25) is 0 Å². The summed E-state index contributed by atoms with van der Waals surface area (Å²) in [6.45, 7) is 9.37. The molecule has 0 amide bonds. The Morgan fingerprint density at radius 1 is 1.26 bits per heavy atom. The van der Waals surface area contributed by atoms with Crippen LogP contribution in [-0.4, -0.2) is 64.1 Å². The third-order valence-corrected chi connectivity index (χ3v) is 5.90. The molecule has 1 atom stereocenters. The third-order valence-electron chi connectivity index (χ3n) is 5.90. The molecular formula is C25H37N7O2. The number of anilines is 1. The van der Waals surface area contributed by atoms with Crippen molar-refractivity contribution in [2.75, 3.05) is 31.7 Å². The first-order chi connectivity index (χ1) is 16.3. The molecule has 1 aliphatic rings. The van der Waals surface area contributed by atoms with E-state index in [1.54, 1.807) is 0 Å². The molecular weight excluding hydrogens is 430 g/mol. The number of hydrogen-bond donors (Lipinski definition) is 2. The standard InChI is InChI=1S/C25H37N7O2/c1-6-7-8-9-14-34-22(26)16-18(3)24-28-25-23(19(4)29-32(25)30-24)27-21-11-10-20(15-17(21)2)31(5)12-13-33/h10-11,15,18,26,33H,6-9,12-14,16H2,1-5H3. The first-order valence-electron chi connectivity index (χ1n) is 12.1. The minimum atomic E-state index is -0.0546. The van der Waals surface area contributed by atoms with E-state index < -0.39 is 0 Å². The smallest absolute Gasteiger partial charge is 0.204 e. The number of nitrogens with zero attached hydrogens (tertiary/aromatic N) is 6. The van der Waals surface area contributed by atoms with Gasteiger partial charge in [-0.3, -0.25) is 5.41 Å². The second-order valence-electron chi connectivity index (χ2n) is 8.88. The molecule has 9 heteroatoms. The Morgan fingerprint density at radius 3 is 2.76 bits per heavy atom. The second kappa shape index (κ2) is 11.9. The van der Waals surface area contributed by atoms with Crippen molar-refractivity contribution in [1.29, 1.82) is 5.41 Å². The molecule has 9 nitrogen and oxygen atoms in total. The van der Waals surface area contributed by atoms with Gasteiger partial charge in [-0.15, -0.1) is 9.89 Å². The maximum atomic E-state index is 9.18. The SMILES string of the molecule is CCCCCCOC(=N)CC(C)c1nc2n(n1)N=C(C)C2=Nc1ccc(N(C)CCO)cc1C. The highest BCUT2D eigenvalue weighted by Gasteiger charge is 2.27. The first-order valence-corrected chi connectivity index (χ1v) is 12.1. The number of benzene rings is 1. The molecule has 0 aliphatic carbocycles. The molecule has 34 heavy (non-hydrogen) atoms. The van der Waals surface area contributed by atoms with Crippen LogP contribution < -0.4 is 4.90 Å². The molecule has 2 N–H and O–H groups in total. The molecule has 3 rings (SSSR count). The van der Waals surface area contributed by atoms with E-state index in [2.05, 4.69) is 23.2 Å². The highest BCUT2D eigenvalue weighted by atomic mass is 16.5. The first kappa shape index (κ1) is 25.6. The lowest BCUT2D eigenvalue weighted by Gasteiger charge is -2.18. The van der Waals surface area contributed by atoms with E-state index in [1.807, 2.05) is 44.9 Å². The Balaban J connectivity index is 1.70. The zero-order valence-electron chi connectivity index (χ0n) is 21.0. The van der Waals surface area contributed by atoms with Crippen molar-refractivity contribution < 1.29 is 9.84 Å². The summed E-state index contributed by atoms with van der Waals surface area (Å²) in [5.74, 6) is 1.47. The fraction of sp³-hybridized carbons (Fsp3) is 0.560. The molecule has 2 heterocycles. The van der Waals surface area contributed by atoms with E-state index in [0.717, 1.165) is 35.5 Å². The summed E-state index contributed by atoms with van der Waals surface area (Å²) >= 11 is 0. The van der Waals surface area contributed by atoms with Crippen molar-refractivity contribution in [3.05, 3.63) is 35.4 Å². The quantitative estimate of drug-likeness (QED) is 0.272. The van der Waals surface area contributed by atoms with Crippen LogP contribution in [0.4, 0.5) is 11.4 Å². The van der Waals surface area contributed by atoms with Gasteiger partial charge in [0.15, 0.2) is 11.7 Å². The Bertz CT molecular complexity index is 1060. The molecule has 184 valence electrons. The van der Waals surface area contributed by atoms with E-state index in [4.69, 9.17) is 20.1 Å². The zero-order chi connectivity index (χ0) is 24.7. The number of fused-ring (bicyclic) bond motifs is 1. The number of nitrogens with one attached hydrogen (secondary N) is 1. The molecule has 1 aliphatic heterocycles. The average Bonchev–Trinajstić information content (AvgIpc) is 3.33. The lowest BCUT2D eigenvalue weighted by atomic mass is 10.1. The van der Waals surface area contributed by atoms with Crippen LogP contribution in [0.5, 0.6) is 0 Å². The molecule has 0 saturated heterocycles. The van der Waals surface area contributed by atoms with Crippen LogP contribution in [0.3, 0.4) is 0 Å². The summed E-state index contributed by atoms with van der Waals surface area (Å²) in [5, 5.41) is 26.4. The number of ether oxygens (including phenoxy) is 1. The zero-order valence-corrected chi connectivity index (χ0v) is 21.0. The van der Waals surface area contributed by atoms with E-state index >= 15 is 0 Å². The fourth-order valence-corrected chi connectivity index (χ4v) is 3.78. The number of aliphatic hydroxyl groups excluding tert-OH is 1. The molecule has 1 unspecified atom stereocenters. The normalized spacial score (nSPS) is 14.8. The number of rotatable bonds is 12. The maximum absolute atomic E-state index is 9.18. The predicted molar refractivity (Wildman–Crippen MR) is 137 cm³/mol. The van der Waals surface area contributed by atoms with Gasteiger partial charge in [0.2, 0.25) is 5.82 Å². The van der Waals surface area contributed by atoms with Gasteiger partial charge in [0, 0.05) is 31.6 Å². The largest absolute Gasteiger partial charge is 0.481 e. The van der Waals surface area contributed by atoms with Crippen LogP contribution in [-0.2, 0) is 4.74 Å². The Hall–Kier alpha value is -3.07. The van der Waals surface area contributed by atoms with Gasteiger partial charge in [0.05, 0.1) is 24.6 Å². The van der Waals surface area contributed by atoms with E-state index in [0.29, 0.717) is 36.9 Å². The summed E-state index contributed by atoms with van der Waals surface area (Å²) in [5.41, 5.74) is 4.36. The lowest BCUT2D eigenvalue weighted by molar-refractivity contribution is 0.279. The van der Waals surface area contributed by atoms with Gasteiger partial charge in [-0.05, 0) is 44.0 Å². The van der Waals surface area contributed by atoms with E-state index in [1.165, 1.54) is 17.6 Å². The van der Waals surface area contributed by atoms with Gasteiger partial charge in [0.25, 0.3) is 0 Å². The minimum Gasteiger partial charge on any atom is -0.481 e. The summed E-state index contributed by atoms with van der Waals surface area (Å²) in [6, 6.07) is 6.03. The van der Waals surface area contributed by atoms with Crippen LogP contribution in [0.1, 0.15) is 76.0 Å². The Labute approximate surface area is 202 Å². The second-order valence-corrected chi connectivity index (χ2v) is 8.88. The predicted octanol–water partition coefficient (Wildman–Crippen LogP) is 4.44. The number of aromatic nitrogens is 3. The van der Waals surface area contributed by atoms with E-state index in [9.17, 15) is 5.11 Å². The maximum Gasteiger partial charge on any atom is 0.204 e. The molecule has 0 fully saturated rings. The molecule has 0 saturated carbocycles. The minimum absolute atomic E-state index is 0.0546. The van der Waals surface area contributed by atoms with Crippen molar-refractivity contribution in [3.8, 4) is 0 Å². The highest BCUT2D eigenvalue weighted by Crippen LogP contribution is 2.27. The average molecular weight is 468 g/mol. The van der Waals surface area contributed by atoms with Crippen molar-refractivity contribution in [2.24, 2.45) is 10.1 Å². The van der Waals surface area contributed by atoms with Crippen molar-refractivity contribution in [2.45, 2.75) is 65.7 Å². The molecule has 0 spiro atoms. The van der Waals surface area contributed by atoms with Gasteiger partial charge < -0.3 is 14.7 Å². The highest BCUT2D eigenvalue weighted by molar-refractivity contribution is 6.48. The Kier molecular flexibility index (Phi) is 8.92. The number of aliphatic imine (C=N–C) groups is 1. The van der Waals surface area contributed by atoms with Crippen LogP contribution >= 0.6 is 0 Å². The number of aryl methyl sites for hydroxylation is 1. The van der Waals surface area contributed by atoms with Gasteiger partial charge in [0.1, 0.15) is 5.71 Å². The van der Waals surface area contributed by atoms with Crippen LogP contribution in [0.15, 0.2) is 28.3 Å². The van der Waals surface area contributed by atoms with Gasteiger partial charge in [-0.25, -0.2) is 9.98 Å². The van der Waals surface area contributed by atoms with E-state index in [-0.39, 0.29) is 18.4 Å². The number of unbranched alkanes of at least 4 members (excludes halogenated alkanes) is 3. The fourth-order valence-electron chi connectivity index (χ4n) is 3.78. The van der Waals surface area contributed by atoms with Crippen molar-refractivity contribution >= 4 is 28.7 Å². The van der Waals surface area contributed by atoms with Crippen molar-refractivity contribution in [3.63, 3.8) is 0 Å². The topological polar surface area (TPSA) is 112 Å². The lowest BCUT2D eigenvalue weighted by Crippen LogP contribution is -2.21. The molecule has 0 radical (unpaired) electrons. The number of hydrogen-bond acceptors (Lipinski definition) is 8. The molecule has 2 aromatic rings. The number of likely N-dealkylation sites (N-methyl/N-ethyl adjacent to an activating group) is 1. The molecule has 1 aromatic heterocycles. The summed E-state index contributed by atoms with van der Waals surface area (Å²) in [6.07, 6.45) is 4.95. The molecule has 1 aromatic carbocycles. The summed E-state index contributed by atoms with van der Waals surface area (Å²) in [4.78, 5) is 13.1. The van der Waals surface area contributed by atoms with Gasteiger partial charge >= 0.3 is 0 Å². The van der Waals surface area contributed by atoms with Crippen LogP contribution in [0, 0.1) is 12.3 Å². The van der Waals surface area contributed by atoms with Gasteiger partial charge in [-0.1, -0.05) is 33.1 Å². The van der Waals surface area contributed by atoms with Crippen LogP contribution in [0.25, 0.3) is 0 Å². The monoisotopic (exact) mass is 467 g/mol. The summed E-state index contributed by atoms with van der Waals surface area (Å²) in [7, 11) is 1.95. The summed E-state index contributed by atoms with van der Waals surface area (Å²) < 4.78 is 5.58. The third kappa shape index (κ3) is 6.28. The molecule has 0 bridgehead atoms. The Morgan fingerprint density at radius 2 is 2.06 bits per heavy atom. The van der Waals surface area contributed by atoms with Crippen molar-refractivity contribution in [1.82, 2.24) is 14.9 Å².